The van der Waals surface area contributed by atoms with Gasteiger partial charge in [0.2, 0.25) is 5.91 Å². The molecule has 0 aromatic heterocycles. The largest absolute Gasteiger partial charge is 0.472 e. The molecule has 0 saturated carbocycles. The molecule has 0 heterocycles. The molecule has 16 heteroatoms. The van der Waals surface area contributed by atoms with Gasteiger partial charge >= 0.3 is 19.8 Å². The lowest BCUT2D eigenvalue weighted by molar-refractivity contribution is -0.158. The van der Waals surface area contributed by atoms with Crippen molar-refractivity contribution >= 4 is 37.8 Å². The lowest BCUT2D eigenvalue weighted by Gasteiger charge is -2.18. The van der Waals surface area contributed by atoms with Crippen molar-refractivity contribution in [2.75, 3.05) is 52.8 Å². The summed E-state index contributed by atoms with van der Waals surface area (Å²) < 4.78 is 40.9. The third kappa shape index (κ3) is 21.8. The maximum absolute atomic E-state index is 11.9. The van der Waals surface area contributed by atoms with E-state index in [-0.39, 0.29) is 52.1 Å². The lowest BCUT2D eigenvalue weighted by Crippen LogP contribution is -2.31. The number of ether oxygens (including phenoxy) is 4. The van der Waals surface area contributed by atoms with Gasteiger partial charge in [-0.3, -0.25) is 28.2 Å². The zero-order chi connectivity index (χ0) is 26.7. The molecule has 0 bridgehead atoms. The normalized spacial score (nSPS) is 13.8. The number of carbonyl (C=O) groups excluding carboxylic acids is 4. The number of hydrazone groups is 1. The fourth-order valence-electron chi connectivity index (χ4n) is 1.92. The fraction of sp³-hybridized carbons (Fsp3) is 0.737. The Balaban J connectivity index is 3.93. The molecule has 15 nitrogen and oxygen atoms in total. The quantitative estimate of drug-likeness (QED) is 0.0642. The van der Waals surface area contributed by atoms with E-state index in [1.165, 1.54) is 0 Å². The Bertz CT molecular complexity index is 747. The maximum atomic E-state index is 11.9. The average molecular weight is 527 g/mol. The zero-order valence-corrected chi connectivity index (χ0v) is 21.1. The summed E-state index contributed by atoms with van der Waals surface area (Å²) in [6.07, 6.45) is 0.473. The number of nitrogens with zero attached hydrogens (tertiary/aromatic N) is 1. The van der Waals surface area contributed by atoms with Crippen LogP contribution in [0.4, 0.5) is 0 Å². The molecule has 0 aromatic carbocycles. The van der Waals surface area contributed by atoms with Crippen LogP contribution in [0.25, 0.3) is 0 Å². The summed E-state index contributed by atoms with van der Waals surface area (Å²) in [5.74, 6) is -2.06. The number of phosphoric ester groups is 1. The summed E-state index contributed by atoms with van der Waals surface area (Å²) in [6.45, 7) is 4.29. The highest BCUT2D eigenvalue weighted by atomic mass is 31.2. The van der Waals surface area contributed by atoms with E-state index in [0.29, 0.717) is 0 Å². The van der Waals surface area contributed by atoms with E-state index in [0.717, 1.165) is 13.8 Å². The van der Waals surface area contributed by atoms with Crippen molar-refractivity contribution in [3.63, 3.8) is 0 Å². The molecule has 0 radical (unpaired) electrons. The van der Waals surface area contributed by atoms with Crippen LogP contribution in [0.15, 0.2) is 5.10 Å². The van der Waals surface area contributed by atoms with Gasteiger partial charge in [0.05, 0.1) is 26.4 Å². The van der Waals surface area contributed by atoms with E-state index in [4.69, 9.17) is 23.3 Å². The number of hydrogen-bond donors (Lipinski definition) is 3. The Hall–Kier alpha value is -2.42. The first kappa shape index (κ1) is 32.6. The third-order valence-electron chi connectivity index (χ3n) is 3.31. The maximum Gasteiger partial charge on any atom is 0.472 e. The summed E-state index contributed by atoms with van der Waals surface area (Å²) in [4.78, 5) is 54.6. The average Bonchev–Trinajstić information content (AvgIpc) is 2.75. The first-order valence-corrected chi connectivity index (χ1v) is 12.1. The molecule has 0 spiro atoms. The van der Waals surface area contributed by atoms with E-state index in [9.17, 15) is 28.6 Å². The standard InChI is InChI=1S/C19H34N3O12P/c1-14(2)9-21-22-19(26)13-30-8-7-29-12-18(25)20-5-6-32-35(27,28)33-11-17(34-16(4)24)10-31-15(3)23/h9,14,17H,5-8,10-13H2,1-4H3,(H,20,25)(H,22,26)(H,27,28)/b21-9+/t17-/m1/s1. The van der Waals surface area contributed by atoms with E-state index in [1.54, 1.807) is 6.21 Å². The monoisotopic (exact) mass is 527 g/mol. The predicted octanol–water partition coefficient (Wildman–Crippen LogP) is -0.478. The van der Waals surface area contributed by atoms with Gasteiger partial charge in [0.15, 0.2) is 6.10 Å². The minimum Gasteiger partial charge on any atom is -0.462 e. The third-order valence-corrected chi connectivity index (χ3v) is 4.29. The van der Waals surface area contributed by atoms with Crippen LogP contribution >= 0.6 is 7.82 Å². The number of phosphoric acid groups is 1. The van der Waals surface area contributed by atoms with Gasteiger partial charge in [-0.1, -0.05) is 13.8 Å². The van der Waals surface area contributed by atoms with Gasteiger partial charge in [-0.15, -0.1) is 0 Å². The number of rotatable bonds is 19. The molecule has 0 rings (SSSR count). The van der Waals surface area contributed by atoms with Crippen molar-refractivity contribution in [1.29, 1.82) is 0 Å². The highest BCUT2D eigenvalue weighted by molar-refractivity contribution is 7.47. The minimum absolute atomic E-state index is 0.0585. The molecule has 3 N–H and O–H groups in total. The summed E-state index contributed by atoms with van der Waals surface area (Å²) in [5, 5.41) is 6.12. The molecule has 35 heavy (non-hydrogen) atoms. The fourth-order valence-corrected chi connectivity index (χ4v) is 2.67. The molecule has 202 valence electrons. The van der Waals surface area contributed by atoms with Crippen LogP contribution in [0, 0.1) is 5.92 Å². The van der Waals surface area contributed by atoms with Crippen LogP contribution in [0.5, 0.6) is 0 Å². The van der Waals surface area contributed by atoms with E-state index in [2.05, 4.69) is 20.6 Å². The van der Waals surface area contributed by atoms with Crippen LogP contribution in [0.1, 0.15) is 27.7 Å². The first-order chi connectivity index (χ1) is 16.4. The summed E-state index contributed by atoms with van der Waals surface area (Å²) >= 11 is 0. The molecule has 0 saturated heterocycles. The van der Waals surface area contributed by atoms with Crippen molar-refractivity contribution in [1.82, 2.24) is 10.7 Å². The Morgan fingerprint density at radius 2 is 1.57 bits per heavy atom. The van der Waals surface area contributed by atoms with Gasteiger partial charge in [0.1, 0.15) is 19.8 Å². The minimum atomic E-state index is -4.52. The molecule has 2 atom stereocenters. The number of hydrogen-bond acceptors (Lipinski definition) is 12. The van der Waals surface area contributed by atoms with Gasteiger partial charge in [-0.05, 0) is 5.92 Å². The number of nitrogens with one attached hydrogen (secondary N) is 2. The molecular formula is C19H34N3O12P. The molecule has 0 aliphatic heterocycles. The topological polar surface area (TPSA) is 197 Å². The second kappa shape index (κ2) is 18.9. The SMILES string of the molecule is CC(=O)OC[C@H](COP(=O)(O)OCCNC(=O)COCCOCC(=O)N/N=C/C(C)C)OC(C)=O. The second-order valence-corrected chi connectivity index (χ2v) is 8.60. The van der Waals surface area contributed by atoms with E-state index in [1.807, 2.05) is 13.8 Å². The Labute approximate surface area is 203 Å². The number of carbonyl (C=O) groups is 4. The van der Waals surface area contributed by atoms with E-state index >= 15 is 0 Å². The van der Waals surface area contributed by atoms with Gasteiger partial charge in [0.25, 0.3) is 5.91 Å². The number of esters is 2. The Morgan fingerprint density at radius 3 is 2.14 bits per heavy atom. The first-order valence-electron chi connectivity index (χ1n) is 10.6. The Kier molecular flexibility index (Phi) is 17.5. The van der Waals surface area contributed by atoms with Crippen LogP contribution in [0.3, 0.4) is 0 Å². The smallest absolute Gasteiger partial charge is 0.462 e. The molecule has 0 aliphatic rings. The summed E-state index contributed by atoms with van der Waals surface area (Å²) in [6, 6.07) is 0. The molecule has 1 unspecified atom stereocenters. The van der Waals surface area contributed by atoms with E-state index < -0.39 is 44.3 Å². The summed E-state index contributed by atoms with van der Waals surface area (Å²) in [7, 11) is -4.52. The van der Waals surface area contributed by atoms with Crippen LogP contribution < -0.4 is 10.7 Å². The van der Waals surface area contributed by atoms with Crippen LogP contribution in [0.2, 0.25) is 0 Å². The van der Waals surface area contributed by atoms with Crippen LogP contribution in [-0.4, -0.2) is 93.8 Å². The van der Waals surface area contributed by atoms with Crippen molar-refractivity contribution in [2.45, 2.75) is 33.8 Å². The zero-order valence-electron chi connectivity index (χ0n) is 20.2. The second-order valence-electron chi connectivity index (χ2n) is 7.14. The molecule has 2 amide bonds. The molecule has 0 aliphatic carbocycles. The van der Waals surface area contributed by atoms with Crippen molar-refractivity contribution in [2.24, 2.45) is 11.0 Å². The Morgan fingerprint density at radius 1 is 0.943 bits per heavy atom. The van der Waals surface area contributed by atoms with Gasteiger partial charge in [-0.2, -0.15) is 5.10 Å². The van der Waals surface area contributed by atoms with Crippen molar-refractivity contribution < 1.29 is 56.6 Å². The summed E-state index contributed by atoms with van der Waals surface area (Å²) in [5.41, 5.74) is 2.30. The van der Waals surface area contributed by atoms with Crippen molar-refractivity contribution in [3.8, 4) is 0 Å². The molecule has 0 aromatic rings. The van der Waals surface area contributed by atoms with Crippen LogP contribution in [-0.2, 0) is 51.7 Å². The lowest BCUT2D eigenvalue weighted by atomic mass is 10.3. The van der Waals surface area contributed by atoms with Gasteiger partial charge in [0, 0.05) is 26.6 Å². The predicted molar refractivity (Wildman–Crippen MR) is 120 cm³/mol. The highest BCUT2D eigenvalue weighted by Crippen LogP contribution is 2.43. The highest BCUT2D eigenvalue weighted by Gasteiger charge is 2.25. The molecular weight excluding hydrogens is 493 g/mol. The van der Waals surface area contributed by atoms with Crippen molar-refractivity contribution in [3.05, 3.63) is 0 Å². The van der Waals surface area contributed by atoms with Gasteiger partial charge < -0.3 is 29.2 Å². The molecule has 0 fully saturated rings. The van der Waals surface area contributed by atoms with Gasteiger partial charge in [-0.25, -0.2) is 9.99 Å². The number of amides is 2.